The Balaban J connectivity index is 1.69. The van der Waals surface area contributed by atoms with E-state index in [4.69, 9.17) is 15.4 Å². The summed E-state index contributed by atoms with van der Waals surface area (Å²) in [6, 6.07) is 22.1. The molecule has 0 bridgehead atoms. The molecule has 27 heavy (non-hydrogen) atoms. The average molecular weight is 363 g/mol. The molecule has 0 aliphatic heterocycles. The van der Waals surface area contributed by atoms with Crippen LogP contribution in [-0.4, -0.2) is 13.1 Å². The zero-order valence-corrected chi connectivity index (χ0v) is 15.2. The van der Waals surface area contributed by atoms with Gasteiger partial charge >= 0.3 is 5.97 Å². The lowest BCUT2D eigenvalue weighted by Crippen LogP contribution is -2.09. The number of hydrogen-bond acceptors (Lipinski definition) is 5. The van der Waals surface area contributed by atoms with Crippen LogP contribution in [-0.2, 0) is 4.74 Å². The van der Waals surface area contributed by atoms with E-state index in [1.807, 2.05) is 55.5 Å². The molecule has 138 valence electrons. The molecule has 1 atom stereocenters. The van der Waals surface area contributed by atoms with Crippen molar-refractivity contribution < 1.29 is 19.1 Å². The van der Waals surface area contributed by atoms with Crippen molar-refractivity contribution in [3.05, 3.63) is 83.9 Å². The first-order valence-corrected chi connectivity index (χ1v) is 8.53. The molecule has 0 aliphatic rings. The third-order valence-corrected chi connectivity index (χ3v) is 4.29. The fraction of sp³-hybridized carbons (Fsp3) is 0.136. The Morgan fingerprint density at radius 3 is 2.11 bits per heavy atom. The molecular weight excluding hydrogens is 342 g/mol. The van der Waals surface area contributed by atoms with Gasteiger partial charge in [0.1, 0.15) is 17.6 Å². The van der Waals surface area contributed by atoms with Gasteiger partial charge in [-0.2, -0.15) is 5.90 Å². The van der Waals surface area contributed by atoms with Gasteiger partial charge < -0.3 is 14.3 Å². The molecule has 2 N–H and O–H groups in total. The predicted octanol–water partition coefficient (Wildman–Crippen LogP) is 4.53. The van der Waals surface area contributed by atoms with Crippen LogP contribution in [0.5, 0.6) is 11.5 Å². The maximum atomic E-state index is 12.4. The fourth-order valence-corrected chi connectivity index (χ4v) is 2.72. The first kappa shape index (κ1) is 18.5. The van der Waals surface area contributed by atoms with Gasteiger partial charge in [-0.25, -0.2) is 4.79 Å². The van der Waals surface area contributed by atoms with Crippen LogP contribution in [0.1, 0.15) is 28.9 Å². The van der Waals surface area contributed by atoms with Crippen molar-refractivity contribution in [3.8, 4) is 22.6 Å². The lowest BCUT2D eigenvalue weighted by molar-refractivity contribution is 0.0337. The number of carbonyl (C=O) groups excluding carboxylic acids is 1. The molecule has 0 aromatic heterocycles. The average Bonchev–Trinajstić information content (AvgIpc) is 2.74. The van der Waals surface area contributed by atoms with Gasteiger partial charge in [0.05, 0.1) is 12.7 Å². The maximum Gasteiger partial charge on any atom is 0.338 e. The van der Waals surface area contributed by atoms with Crippen LogP contribution in [0.2, 0.25) is 0 Å². The first-order valence-electron chi connectivity index (χ1n) is 8.53. The number of carbonyl (C=O) groups is 1. The monoisotopic (exact) mass is 363 g/mol. The highest BCUT2D eigenvalue weighted by Crippen LogP contribution is 2.25. The highest BCUT2D eigenvalue weighted by molar-refractivity contribution is 5.90. The molecule has 0 heterocycles. The Bertz CT molecular complexity index is 904. The summed E-state index contributed by atoms with van der Waals surface area (Å²) in [7, 11) is 1.61. The standard InChI is InChI=1S/C22H21NO4/c1-15(19-4-3-5-21(14-19)25-2)26-22(24)18-8-6-16(7-9-18)17-10-12-20(27-23)13-11-17/h3-15H,23H2,1-2H3. The van der Waals surface area contributed by atoms with E-state index >= 15 is 0 Å². The summed E-state index contributed by atoms with van der Waals surface area (Å²) in [6.45, 7) is 1.84. The minimum Gasteiger partial charge on any atom is -0.497 e. The molecular formula is C22H21NO4. The maximum absolute atomic E-state index is 12.4. The molecule has 0 saturated carbocycles. The Kier molecular flexibility index (Phi) is 5.74. The number of methoxy groups -OCH3 is 1. The molecule has 0 fully saturated rings. The molecule has 1 unspecified atom stereocenters. The summed E-state index contributed by atoms with van der Waals surface area (Å²) in [4.78, 5) is 17.1. The van der Waals surface area contributed by atoms with Crippen LogP contribution in [0.4, 0.5) is 0 Å². The number of ether oxygens (including phenoxy) is 2. The second-order valence-electron chi connectivity index (χ2n) is 6.04. The van der Waals surface area contributed by atoms with Gasteiger partial charge in [-0.1, -0.05) is 36.4 Å². The summed E-state index contributed by atoms with van der Waals surface area (Å²) in [5.74, 6) is 6.08. The van der Waals surface area contributed by atoms with E-state index in [1.54, 1.807) is 31.4 Å². The van der Waals surface area contributed by atoms with Crippen molar-refractivity contribution in [2.45, 2.75) is 13.0 Å². The van der Waals surface area contributed by atoms with E-state index in [9.17, 15) is 4.79 Å². The second-order valence-corrected chi connectivity index (χ2v) is 6.04. The molecule has 0 saturated heterocycles. The minimum absolute atomic E-state index is 0.372. The van der Waals surface area contributed by atoms with E-state index in [-0.39, 0.29) is 12.1 Å². The van der Waals surface area contributed by atoms with E-state index < -0.39 is 0 Å². The molecule has 0 spiro atoms. The van der Waals surface area contributed by atoms with Crippen molar-refractivity contribution in [1.29, 1.82) is 0 Å². The van der Waals surface area contributed by atoms with Crippen LogP contribution < -0.4 is 15.5 Å². The molecule has 3 aromatic carbocycles. The highest BCUT2D eigenvalue weighted by Gasteiger charge is 2.14. The van der Waals surface area contributed by atoms with E-state index in [0.29, 0.717) is 11.3 Å². The minimum atomic E-state index is -0.379. The Hall–Kier alpha value is -3.31. The topological polar surface area (TPSA) is 70.8 Å². The van der Waals surface area contributed by atoms with Gasteiger partial charge in [0.15, 0.2) is 0 Å². The SMILES string of the molecule is COc1cccc(C(C)OC(=O)c2ccc(-c3ccc(ON)cc3)cc2)c1. The molecule has 3 aromatic rings. The number of esters is 1. The highest BCUT2D eigenvalue weighted by atomic mass is 16.6. The van der Waals surface area contributed by atoms with Crippen LogP contribution in [0.25, 0.3) is 11.1 Å². The van der Waals surface area contributed by atoms with E-state index in [1.165, 1.54) is 0 Å². The van der Waals surface area contributed by atoms with Gasteiger partial charge in [-0.05, 0) is 60.0 Å². The number of nitrogens with two attached hydrogens (primary N) is 1. The molecule has 5 heteroatoms. The second kappa shape index (κ2) is 8.38. The van der Waals surface area contributed by atoms with Gasteiger partial charge in [0, 0.05) is 0 Å². The molecule has 3 rings (SSSR count). The zero-order valence-electron chi connectivity index (χ0n) is 15.2. The Labute approximate surface area is 158 Å². The quantitative estimate of drug-likeness (QED) is 0.514. The molecule has 0 amide bonds. The van der Waals surface area contributed by atoms with Crippen molar-refractivity contribution in [2.75, 3.05) is 7.11 Å². The Morgan fingerprint density at radius 1 is 0.889 bits per heavy atom. The number of hydrogen-bond donors (Lipinski definition) is 1. The molecule has 0 radical (unpaired) electrons. The predicted molar refractivity (Wildman–Crippen MR) is 104 cm³/mol. The molecule has 5 nitrogen and oxygen atoms in total. The first-order chi connectivity index (χ1) is 13.1. The number of rotatable bonds is 6. The van der Waals surface area contributed by atoms with Crippen LogP contribution in [0.3, 0.4) is 0 Å². The van der Waals surface area contributed by atoms with E-state index in [0.717, 1.165) is 22.4 Å². The van der Waals surface area contributed by atoms with Crippen LogP contribution in [0, 0.1) is 0 Å². The third-order valence-electron chi connectivity index (χ3n) is 4.29. The lowest BCUT2D eigenvalue weighted by atomic mass is 10.0. The Morgan fingerprint density at radius 2 is 1.52 bits per heavy atom. The van der Waals surface area contributed by atoms with Gasteiger partial charge in [0.2, 0.25) is 0 Å². The van der Waals surface area contributed by atoms with Gasteiger partial charge in [0.25, 0.3) is 0 Å². The smallest absolute Gasteiger partial charge is 0.338 e. The van der Waals surface area contributed by atoms with Crippen LogP contribution in [0.15, 0.2) is 72.8 Å². The van der Waals surface area contributed by atoms with Crippen molar-refractivity contribution in [2.24, 2.45) is 5.90 Å². The summed E-state index contributed by atoms with van der Waals surface area (Å²) >= 11 is 0. The van der Waals surface area contributed by atoms with E-state index in [2.05, 4.69) is 4.84 Å². The summed E-state index contributed by atoms with van der Waals surface area (Å²) in [5, 5.41) is 0. The fourth-order valence-electron chi connectivity index (χ4n) is 2.72. The third kappa shape index (κ3) is 4.46. The normalized spacial score (nSPS) is 11.5. The number of benzene rings is 3. The summed E-state index contributed by atoms with van der Waals surface area (Å²) in [5.41, 5.74) is 3.35. The largest absolute Gasteiger partial charge is 0.497 e. The summed E-state index contributed by atoms with van der Waals surface area (Å²) < 4.78 is 10.8. The van der Waals surface area contributed by atoms with Crippen molar-refractivity contribution in [3.63, 3.8) is 0 Å². The van der Waals surface area contributed by atoms with Crippen molar-refractivity contribution in [1.82, 2.24) is 0 Å². The molecule has 0 aliphatic carbocycles. The van der Waals surface area contributed by atoms with Gasteiger partial charge in [-0.3, -0.25) is 0 Å². The summed E-state index contributed by atoms with van der Waals surface area (Å²) in [6.07, 6.45) is -0.379. The van der Waals surface area contributed by atoms with Crippen molar-refractivity contribution >= 4 is 5.97 Å². The lowest BCUT2D eigenvalue weighted by Gasteiger charge is -2.14. The van der Waals surface area contributed by atoms with Crippen LogP contribution >= 0.6 is 0 Å². The van der Waals surface area contributed by atoms with Gasteiger partial charge in [-0.15, -0.1) is 0 Å². The zero-order chi connectivity index (χ0) is 19.2.